The summed E-state index contributed by atoms with van der Waals surface area (Å²) in [7, 11) is 1.56. The molecule has 94 valence electrons. The number of methoxy groups -OCH3 is 1. The number of rotatable bonds is 4. The van der Waals surface area contributed by atoms with Gasteiger partial charge in [-0.25, -0.2) is 4.98 Å². The van der Waals surface area contributed by atoms with E-state index >= 15 is 0 Å². The van der Waals surface area contributed by atoms with Crippen LogP contribution in [0, 0.1) is 0 Å². The van der Waals surface area contributed by atoms with Gasteiger partial charge in [0, 0.05) is 11.6 Å². The standard InChI is InChI=1S/C12H11BrClN3O/c1-18-11-9(13)7-16-12(17-11)15-6-8-4-2-3-5-10(8)14/h2-5,7H,6H2,1H3,(H,15,16,17). The Balaban J connectivity index is 2.09. The van der Waals surface area contributed by atoms with Gasteiger partial charge in [0.05, 0.1) is 17.8 Å². The number of benzene rings is 1. The molecule has 6 heteroatoms. The van der Waals surface area contributed by atoms with Gasteiger partial charge in [-0.15, -0.1) is 0 Å². The summed E-state index contributed by atoms with van der Waals surface area (Å²) in [6, 6.07) is 7.63. The number of anilines is 1. The van der Waals surface area contributed by atoms with Crippen molar-refractivity contribution in [1.82, 2.24) is 9.97 Å². The third-order valence-corrected chi connectivity index (χ3v) is 3.21. The minimum atomic E-state index is 0.492. The molecule has 0 unspecified atom stereocenters. The van der Waals surface area contributed by atoms with Crippen LogP contribution in [0.25, 0.3) is 0 Å². The molecule has 0 saturated heterocycles. The molecule has 2 aromatic rings. The lowest BCUT2D eigenvalue weighted by atomic mass is 10.2. The van der Waals surface area contributed by atoms with Gasteiger partial charge in [-0.3, -0.25) is 0 Å². The molecule has 4 nitrogen and oxygen atoms in total. The van der Waals surface area contributed by atoms with Gasteiger partial charge >= 0.3 is 0 Å². The van der Waals surface area contributed by atoms with Crippen molar-refractivity contribution in [3.63, 3.8) is 0 Å². The van der Waals surface area contributed by atoms with Crippen LogP contribution in [0.15, 0.2) is 34.9 Å². The molecule has 0 fully saturated rings. The summed E-state index contributed by atoms with van der Waals surface area (Å²) in [5, 5.41) is 3.81. The van der Waals surface area contributed by atoms with Gasteiger partial charge in [0.15, 0.2) is 0 Å². The third kappa shape index (κ3) is 3.11. The second-order valence-corrected chi connectivity index (χ2v) is 4.76. The molecule has 0 aliphatic heterocycles. The molecule has 2 rings (SSSR count). The van der Waals surface area contributed by atoms with Crippen molar-refractivity contribution in [2.45, 2.75) is 6.54 Å². The fraction of sp³-hybridized carbons (Fsp3) is 0.167. The molecule has 0 amide bonds. The quantitative estimate of drug-likeness (QED) is 0.933. The lowest BCUT2D eigenvalue weighted by molar-refractivity contribution is 0.394. The van der Waals surface area contributed by atoms with E-state index in [4.69, 9.17) is 16.3 Å². The van der Waals surface area contributed by atoms with Crippen LogP contribution in [0.3, 0.4) is 0 Å². The van der Waals surface area contributed by atoms with E-state index in [2.05, 4.69) is 31.2 Å². The maximum atomic E-state index is 6.06. The lowest BCUT2D eigenvalue weighted by Crippen LogP contribution is -2.04. The molecule has 1 aromatic carbocycles. The van der Waals surface area contributed by atoms with E-state index in [1.54, 1.807) is 13.3 Å². The largest absolute Gasteiger partial charge is 0.480 e. The highest BCUT2D eigenvalue weighted by Gasteiger charge is 2.05. The molecule has 0 spiro atoms. The van der Waals surface area contributed by atoms with Crippen LogP contribution < -0.4 is 10.1 Å². The average molecular weight is 329 g/mol. The minimum absolute atomic E-state index is 0.492. The molecule has 0 aliphatic rings. The van der Waals surface area contributed by atoms with Gasteiger partial charge in [0.2, 0.25) is 11.8 Å². The molecular weight excluding hydrogens is 318 g/mol. The van der Waals surface area contributed by atoms with Crippen LogP contribution in [0.1, 0.15) is 5.56 Å². The van der Waals surface area contributed by atoms with Crippen LogP contribution in [-0.2, 0) is 6.54 Å². The maximum Gasteiger partial charge on any atom is 0.232 e. The Bertz CT molecular complexity index is 551. The van der Waals surface area contributed by atoms with Gasteiger partial charge < -0.3 is 10.1 Å². The van der Waals surface area contributed by atoms with Crippen molar-refractivity contribution >= 4 is 33.5 Å². The number of ether oxygens (including phenoxy) is 1. The first-order valence-corrected chi connectivity index (χ1v) is 6.41. The summed E-state index contributed by atoms with van der Waals surface area (Å²) in [4.78, 5) is 8.34. The summed E-state index contributed by atoms with van der Waals surface area (Å²) in [6.45, 7) is 0.560. The van der Waals surface area contributed by atoms with Crippen LogP contribution in [0.4, 0.5) is 5.95 Å². The molecule has 0 radical (unpaired) electrons. The first-order valence-electron chi connectivity index (χ1n) is 5.24. The molecule has 0 saturated carbocycles. The highest BCUT2D eigenvalue weighted by Crippen LogP contribution is 2.22. The van der Waals surface area contributed by atoms with E-state index in [1.165, 1.54) is 0 Å². The van der Waals surface area contributed by atoms with Crippen molar-refractivity contribution in [2.75, 3.05) is 12.4 Å². The molecule has 0 aliphatic carbocycles. The van der Waals surface area contributed by atoms with Crippen molar-refractivity contribution in [1.29, 1.82) is 0 Å². The zero-order valence-corrected chi connectivity index (χ0v) is 12.0. The van der Waals surface area contributed by atoms with Gasteiger partial charge in [0.1, 0.15) is 0 Å². The van der Waals surface area contributed by atoms with E-state index in [-0.39, 0.29) is 0 Å². The molecular formula is C12H11BrClN3O. The zero-order chi connectivity index (χ0) is 13.0. The average Bonchev–Trinajstić information content (AvgIpc) is 2.39. The minimum Gasteiger partial charge on any atom is -0.480 e. The SMILES string of the molecule is COc1nc(NCc2ccccc2Cl)ncc1Br. The van der Waals surface area contributed by atoms with Crippen LogP contribution in [0.5, 0.6) is 5.88 Å². The van der Waals surface area contributed by atoms with Crippen molar-refractivity contribution in [3.8, 4) is 5.88 Å². The highest BCUT2D eigenvalue weighted by molar-refractivity contribution is 9.10. The Labute approximate surface area is 118 Å². The van der Waals surface area contributed by atoms with E-state index in [9.17, 15) is 0 Å². The Morgan fingerprint density at radius 1 is 1.39 bits per heavy atom. The van der Waals surface area contributed by atoms with Gasteiger partial charge in [-0.1, -0.05) is 29.8 Å². The van der Waals surface area contributed by atoms with Crippen molar-refractivity contribution < 1.29 is 4.74 Å². The van der Waals surface area contributed by atoms with E-state index in [0.717, 1.165) is 5.56 Å². The summed E-state index contributed by atoms with van der Waals surface area (Å²) in [5.41, 5.74) is 0.990. The van der Waals surface area contributed by atoms with Crippen LogP contribution in [0.2, 0.25) is 5.02 Å². The summed E-state index contributed by atoms with van der Waals surface area (Å²) < 4.78 is 5.81. The lowest BCUT2D eigenvalue weighted by Gasteiger charge is -2.08. The first-order chi connectivity index (χ1) is 8.70. The van der Waals surface area contributed by atoms with Gasteiger partial charge in [0.25, 0.3) is 0 Å². The number of hydrogen-bond donors (Lipinski definition) is 1. The smallest absolute Gasteiger partial charge is 0.232 e. The second-order valence-electron chi connectivity index (χ2n) is 3.50. The molecule has 1 N–H and O–H groups in total. The Hall–Kier alpha value is -1.33. The number of aromatic nitrogens is 2. The van der Waals surface area contributed by atoms with E-state index in [1.807, 2.05) is 24.3 Å². The van der Waals surface area contributed by atoms with Crippen molar-refractivity contribution in [3.05, 3.63) is 45.5 Å². The van der Waals surface area contributed by atoms with Crippen molar-refractivity contribution in [2.24, 2.45) is 0 Å². The summed E-state index contributed by atoms with van der Waals surface area (Å²) in [5.74, 6) is 0.988. The third-order valence-electron chi connectivity index (χ3n) is 2.30. The number of nitrogens with one attached hydrogen (secondary N) is 1. The predicted molar refractivity (Wildman–Crippen MR) is 75.1 cm³/mol. The molecule has 1 aromatic heterocycles. The summed E-state index contributed by atoms with van der Waals surface area (Å²) >= 11 is 9.36. The summed E-state index contributed by atoms with van der Waals surface area (Å²) in [6.07, 6.45) is 1.64. The number of nitrogens with zero attached hydrogens (tertiary/aromatic N) is 2. The molecule has 1 heterocycles. The van der Waals surface area contributed by atoms with Crippen LogP contribution >= 0.6 is 27.5 Å². The maximum absolute atomic E-state index is 6.06. The fourth-order valence-corrected chi connectivity index (χ4v) is 1.95. The number of hydrogen-bond acceptors (Lipinski definition) is 4. The number of halogens is 2. The normalized spacial score (nSPS) is 10.2. The predicted octanol–water partition coefficient (Wildman–Crippen LogP) is 3.51. The zero-order valence-electron chi connectivity index (χ0n) is 9.65. The first kappa shape index (κ1) is 13.1. The molecule has 18 heavy (non-hydrogen) atoms. The topological polar surface area (TPSA) is 47.0 Å². The Morgan fingerprint density at radius 2 is 2.17 bits per heavy atom. The Morgan fingerprint density at radius 3 is 2.89 bits per heavy atom. The van der Waals surface area contributed by atoms with Gasteiger partial charge in [-0.05, 0) is 27.6 Å². The van der Waals surface area contributed by atoms with E-state index < -0.39 is 0 Å². The van der Waals surface area contributed by atoms with Crippen LogP contribution in [-0.4, -0.2) is 17.1 Å². The highest BCUT2D eigenvalue weighted by atomic mass is 79.9. The van der Waals surface area contributed by atoms with E-state index in [0.29, 0.717) is 27.9 Å². The fourth-order valence-electron chi connectivity index (χ4n) is 1.40. The molecule has 0 bridgehead atoms. The monoisotopic (exact) mass is 327 g/mol. The van der Waals surface area contributed by atoms with Gasteiger partial charge in [-0.2, -0.15) is 4.98 Å². The second kappa shape index (κ2) is 6.02. The molecule has 0 atom stereocenters. The Kier molecular flexibility index (Phi) is 4.38.